The summed E-state index contributed by atoms with van der Waals surface area (Å²) in [5.74, 6) is 1.46. The number of hydrogen-bond donors (Lipinski definition) is 1. The molecular weight excluding hydrogens is 314 g/mol. The minimum absolute atomic E-state index is 0.155. The normalized spacial score (nSPS) is 16.0. The smallest absolute Gasteiger partial charge is 0.317 e. The van der Waals surface area contributed by atoms with E-state index in [1.165, 1.54) is 0 Å². The van der Waals surface area contributed by atoms with Gasteiger partial charge < -0.3 is 19.7 Å². The Morgan fingerprint density at radius 1 is 1.43 bits per heavy atom. The van der Waals surface area contributed by atoms with Gasteiger partial charge in [0.25, 0.3) is 0 Å². The van der Waals surface area contributed by atoms with Crippen LogP contribution in [0.3, 0.4) is 0 Å². The minimum atomic E-state index is -0.179. The number of hydrogen-bond acceptors (Lipinski definition) is 5. The van der Waals surface area contributed by atoms with Gasteiger partial charge in [0.2, 0.25) is 0 Å². The molecule has 1 atom stereocenters. The lowest BCUT2D eigenvalue weighted by molar-refractivity contribution is 0.0715. The molecule has 0 saturated carbocycles. The first kappa shape index (κ1) is 15.6. The van der Waals surface area contributed by atoms with Crippen molar-refractivity contribution in [1.29, 1.82) is 0 Å². The summed E-state index contributed by atoms with van der Waals surface area (Å²) in [5.41, 5.74) is 0.875. The molecule has 1 aromatic carbocycles. The molecule has 0 radical (unpaired) electrons. The highest BCUT2D eigenvalue weighted by atomic mass is 32.1. The molecule has 0 aliphatic carbocycles. The van der Waals surface area contributed by atoms with Crippen LogP contribution in [0.15, 0.2) is 29.6 Å². The first-order valence-corrected chi connectivity index (χ1v) is 8.28. The van der Waals surface area contributed by atoms with E-state index in [0.717, 1.165) is 22.2 Å². The largest absolute Gasteiger partial charge is 0.486 e. The van der Waals surface area contributed by atoms with Gasteiger partial charge in [-0.2, -0.15) is 0 Å². The van der Waals surface area contributed by atoms with Crippen LogP contribution in [-0.2, 0) is 6.54 Å². The molecule has 0 fully saturated rings. The van der Waals surface area contributed by atoms with E-state index in [1.54, 1.807) is 23.3 Å². The lowest BCUT2D eigenvalue weighted by atomic mass is 10.2. The molecule has 6 nitrogen and oxygen atoms in total. The van der Waals surface area contributed by atoms with Gasteiger partial charge in [0.05, 0.1) is 23.8 Å². The average Bonchev–Trinajstić information content (AvgIpc) is 2.98. The Morgan fingerprint density at radius 3 is 2.96 bits per heavy atom. The van der Waals surface area contributed by atoms with Crippen molar-refractivity contribution in [3.63, 3.8) is 0 Å². The molecule has 1 N–H and O–H groups in total. The summed E-state index contributed by atoms with van der Waals surface area (Å²) in [5, 5.41) is 5.80. The molecule has 23 heavy (non-hydrogen) atoms. The van der Waals surface area contributed by atoms with Crippen molar-refractivity contribution in [3.8, 4) is 11.5 Å². The number of fused-ring (bicyclic) bond motifs is 1. The zero-order valence-electron chi connectivity index (χ0n) is 13.1. The van der Waals surface area contributed by atoms with Gasteiger partial charge in [-0.25, -0.2) is 9.78 Å². The van der Waals surface area contributed by atoms with Crippen molar-refractivity contribution in [2.24, 2.45) is 0 Å². The fraction of sp³-hybridized carbons (Fsp3) is 0.375. The van der Waals surface area contributed by atoms with E-state index in [9.17, 15) is 4.79 Å². The van der Waals surface area contributed by atoms with E-state index in [2.05, 4.69) is 10.3 Å². The van der Waals surface area contributed by atoms with E-state index >= 15 is 0 Å². The Kier molecular flexibility index (Phi) is 4.66. The maximum Gasteiger partial charge on any atom is 0.317 e. The molecule has 1 aromatic heterocycles. The molecule has 3 rings (SSSR count). The lowest BCUT2D eigenvalue weighted by Crippen LogP contribution is -2.45. The Balaban J connectivity index is 1.49. The van der Waals surface area contributed by atoms with E-state index in [4.69, 9.17) is 9.47 Å². The number of benzene rings is 1. The van der Waals surface area contributed by atoms with Crippen LogP contribution in [0.4, 0.5) is 4.79 Å². The molecule has 0 saturated heterocycles. The van der Waals surface area contributed by atoms with Gasteiger partial charge in [-0.05, 0) is 19.1 Å². The molecule has 1 aliphatic rings. The van der Waals surface area contributed by atoms with Crippen LogP contribution in [0.2, 0.25) is 0 Å². The third-order valence-electron chi connectivity index (χ3n) is 3.48. The molecule has 2 heterocycles. The average molecular weight is 333 g/mol. The van der Waals surface area contributed by atoms with Gasteiger partial charge in [0.1, 0.15) is 6.61 Å². The van der Waals surface area contributed by atoms with Crippen LogP contribution >= 0.6 is 11.3 Å². The fourth-order valence-electron chi connectivity index (χ4n) is 2.33. The summed E-state index contributed by atoms with van der Waals surface area (Å²) < 4.78 is 11.5. The molecule has 7 heteroatoms. The third-order valence-corrected chi connectivity index (χ3v) is 4.30. The van der Waals surface area contributed by atoms with Crippen LogP contribution in [0.1, 0.15) is 10.7 Å². The molecule has 0 bridgehead atoms. The molecule has 2 aromatic rings. The summed E-state index contributed by atoms with van der Waals surface area (Å²) in [6.07, 6.45) is -0.179. The number of rotatable bonds is 4. The second kappa shape index (κ2) is 6.87. The Bertz CT molecular complexity index is 689. The lowest BCUT2D eigenvalue weighted by Gasteiger charge is -2.29. The Hall–Kier alpha value is -2.28. The van der Waals surface area contributed by atoms with Crippen LogP contribution in [0.5, 0.6) is 11.5 Å². The molecular formula is C16H19N3O3S. The van der Waals surface area contributed by atoms with Gasteiger partial charge in [-0.1, -0.05) is 12.1 Å². The van der Waals surface area contributed by atoms with Crippen molar-refractivity contribution in [2.45, 2.75) is 19.6 Å². The van der Waals surface area contributed by atoms with Crippen molar-refractivity contribution in [2.75, 3.05) is 20.2 Å². The molecule has 0 spiro atoms. The highest BCUT2D eigenvalue weighted by Crippen LogP contribution is 2.30. The number of carbonyl (C=O) groups excluding carboxylic acids is 1. The number of para-hydroxylation sites is 2. The Labute approximate surface area is 139 Å². The number of urea groups is 1. The van der Waals surface area contributed by atoms with Crippen LogP contribution in [-0.4, -0.2) is 42.2 Å². The Morgan fingerprint density at radius 2 is 2.22 bits per heavy atom. The first-order chi connectivity index (χ1) is 11.1. The van der Waals surface area contributed by atoms with E-state index < -0.39 is 0 Å². The zero-order chi connectivity index (χ0) is 16.2. The molecule has 122 valence electrons. The molecule has 0 unspecified atom stereocenters. The minimum Gasteiger partial charge on any atom is -0.486 e. The number of nitrogens with zero attached hydrogens (tertiary/aromatic N) is 2. The quantitative estimate of drug-likeness (QED) is 0.933. The van der Waals surface area contributed by atoms with Gasteiger partial charge >= 0.3 is 6.03 Å². The summed E-state index contributed by atoms with van der Waals surface area (Å²) >= 11 is 1.57. The monoisotopic (exact) mass is 333 g/mol. The number of carbonyl (C=O) groups is 1. The zero-order valence-corrected chi connectivity index (χ0v) is 13.9. The fourth-order valence-corrected chi connectivity index (χ4v) is 2.94. The number of thiazole rings is 1. The highest BCUT2D eigenvalue weighted by molar-refractivity contribution is 7.09. The maximum absolute atomic E-state index is 12.1. The van der Waals surface area contributed by atoms with Crippen LogP contribution in [0, 0.1) is 6.92 Å². The first-order valence-electron chi connectivity index (χ1n) is 7.40. The summed E-state index contributed by atoms with van der Waals surface area (Å²) in [7, 11) is 1.74. The maximum atomic E-state index is 12.1. The molecule has 2 amide bonds. The number of likely N-dealkylation sites (N-methyl/N-ethyl adjacent to an activating group) is 1. The van der Waals surface area contributed by atoms with E-state index in [-0.39, 0.29) is 12.1 Å². The van der Waals surface area contributed by atoms with Gasteiger partial charge in [0, 0.05) is 12.4 Å². The second-order valence-electron chi connectivity index (χ2n) is 5.39. The number of aromatic nitrogens is 1. The second-order valence-corrected chi connectivity index (χ2v) is 6.46. The van der Waals surface area contributed by atoms with Crippen LogP contribution < -0.4 is 14.8 Å². The predicted molar refractivity (Wildman–Crippen MR) is 88.1 cm³/mol. The van der Waals surface area contributed by atoms with Crippen molar-refractivity contribution >= 4 is 17.4 Å². The number of amides is 2. The van der Waals surface area contributed by atoms with Gasteiger partial charge in [-0.3, -0.25) is 0 Å². The van der Waals surface area contributed by atoms with Crippen molar-refractivity contribution in [1.82, 2.24) is 15.2 Å². The van der Waals surface area contributed by atoms with Gasteiger partial charge in [-0.15, -0.1) is 11.3 Å². The number of nitrogens with one attached hydrogen (secondary N) is 1. The standard InChI is InChI=1S/C16H19N3O3S/c1-11-18-12(10-23-11)7-17-16(20)19(2)8-13-9-21-14-5-3-4-6-15(14)22-13/h3-6,10,13H,7-9H2,1-2H3,(H,17,20)/t13-/m1/s1. The summed E-state index contributed by atoms with van der Waals surface area (Å²) in [6, 6.07) is 7.39. The van der Waals surface area contributed by atoms with E-state index in [0.29, 0.717) is 19.7 Å². The van der Waals surface area contributed by atoms with E-state index in [1.807, 2.05) is 36.6 Å². The predicted octanol–water partition coefficient (Wildman–Crippen LogP) is 2.43. The topological polar surface area (TPSA) is 63.7 Å². The van der Waals surface area contributed by atoms with Gasteiger partial charge in [0.15, 0.2) is 17.6 Å². The summed E-state index contributed by atoms with van der Waals surface area (Å²) in [4.78, 5) is 18.1. The number of ether oxygens (including phenoxy) is 2. The van der Waals surface area contributed by atoms with Crippen molar-refractivity contribution < 1.29 is 14.3 Å². The third kappa shape index (κ3) is 3.92. The van der Waals surface area contributed by atoms with Crippen molar-refractivity contribution in [3.05, 3.63) is 40.3 Å². The summed E-state index contributed by atoms with van der Waals surface area (Å²) in [6.45, 7) is 3.26. The molecule has 1 aliphatic heterocycles. The SMILES string of the molecule is Cc1nc(CNC(=O)N(C)C[C@@H]2COc3ccccc3O2)cs1. The van der Waals surface area contributed by atoms with Crippen LogP contribution in [0.25, 0.3) is 0 Å². The highest BCUT2D eigenvalue weighted by Gasteiger charge is 2.23. The number of aryl methyl sites for hydroxylation is 1.